The van der Waals surface area contributed by atoms with E-state index in [4.69, 9.17) is 5.73 Å². The van der Waals surface area contributed by atoms with Gasteiger partial charge in [-0.05, 0) is 37.1 Å². The fraction of sp³-hybridized carbons (Fsp3) is 0.333. The normalized spacial score (nSPS) is 11.8. The van der Waals surface area contributed by atoms with Crippen molar-refractivity contribution in [3.63, 3.8) is 0 Å². The highest BCUT2D eigenvalue weighted by Gasteiger charge is 2.20. The van der Waals surface area contributed by atoms with Gasteiger partial charge < -0.3 is 10.3 Å². The average Bonchev–Trinajstić information content (AvgIpc) is 2.70. The average molecular weight is 295 g/mol. The van der Waals surface area contributed by atoms with E-state index >= 15 is 0 Å². The van der Waals surface area contributed by atoms with Gasteiger partial charge in [0.2, 0.25) is 10.0 Å². The van der Waals surface area contributed by atoms with Gasteiger partial charge in [0.1, 0.15) is 12.2 Å². The molecule has 0 aliphatic rings. The summed E-state index contributed by atoms with van der Waals surface area (Å²) in [5.74, 6) is 0.541. The fourth-order valence-electron chi connectivity index (χ4n) is 2.11. The first-order chi connectivity index (χ1) is 9.31. The molecule has 108 valence electrons. The molecule has 20 heavy (non-hydrogen) atoms. The number of aromatic nitrogens is 3. The molecule has 0 fully saturated rings. The van der Waals surface area contributed by atoms with E-state index in [-0.39, 0.29) is 11.4 Å². The predicted octanol–water partition coefficient (Wildman–Crippen LogP) is 0.493. The van der Waals surface area contributed by atoms with Gasteiger partial charge in [0, 0.05) is 12.7 Å². The maximum atomic E-state index is 12.4. The first-order valence-electron chi connectivity index (χ1n) is 6.00. The largest absolute Gasteiger partial charge is 0.399 e. The van der Waals surface area contributed by atoms with Crippen LogP contribution in [0.4, 0.5) is 5.69 Å². The highest BCUT2D eigenvalue weighted by atomic mass is 32.2. The molecule has 0 spiro atoms. The second-order valence-electron chi connectivity index (χ2n) is 4.67. The Morgan fingerprint density at radius 3 is 2.40 bits per heavy atom. The minimum absolute atomic E-state index is 0.0854. The van der Waals surface area contributed by atoms with Crippen LogP contribution in [0.15, 0.2) is 23.4 Å². The number of benzene rings is 1. The molecule has 0 saturated heterocycles. The van der Waals surface area contributed by atoms with Gasteiger partial charge in [-0.1, -0.05) is 0 Å². The van der Waals surface area contributed by atoms with Crippen LogP contribution >= 0.6 is 0 Å². The maximum absolute atomic E-state index is 12.4. The Hall–Kier alpha value is -1.93. The summed E-state index contributed by atoms with van der Waals surface area (Å²) in [7, 11) is -1.86. The SMILES string of the molecule is Cc1cc(N)cc(C)c1S(=O)(=O)NCc1nncn1C. The number of anilines is 1. The van der Waals surface area contributed by atoms with E-state index in [2.05, 4.69) is 14.9 Å². The molecule has 0 saturated carbocycles. The van der Waals surface area contributed by atoms with E-state index in [1.165, 1.54) is 6.33 Å². The zero-order valence-electron chi connectivity index (χ0n) is 11.6. The van der Waals surface area contributed by atoms with Crippen molar-refractivity contribution >= 4 is 15.7 Å². The molecule has 1 aromatic heterocycles. The molecule has 7 nitrogen and oxygen atoms in total. The molecule has 2 rings (SSSR count). The lowest BCUT2D eigenvalue weighted by Gasteiger charge is -2.12. The molecule has 8 heteroatoms. The third-order valence-electron chi connectivity index (χ3n) is 2.98. The maximum Gasteiger partial charge on any atom is 0.241 e. The zero-order valence-corrected chi connectivity index (χ0v) is 12.4. The molecule has 0 aliphatic carbocycles. The third-order valence-corrected chi connectivity index (χ3v) is 4.68. The van der Waals surface area contributed by atoms with E-state index in [1.54, 1.807) is 37.6 Å². The lowest BCUT2D eigenvalue weighted by Crippen LogP contribution is -2.26. The van der Waals surface area contributed by atoms with Crippen LogP contribution in [-0.2, 0) is 23.6 Å². The predicted molar refractivity (Wildman–Crippen MR) is 75.4 cm³/mol. The van der Waals surface area contributed by atoms with Crippen molar-refractivity contribution in [1.82, 2.24) is 19.5 Å². The zero-order chi connectivity index (χ0) is 14.9. The molecule has 1 heterocycles. The number of sulfonamides is 1. The molecule has 0 radical (unpaired) electrons. The summed E-state index contributed by atoms with van der Waals surface area (Å²) in [6.45, 7) is 3.53. The molecular formula is C12H17N5O2S. The van der Waals surface area contributed by atoms with E-state index in [0.717, 1.165) is 0 Å². The third kappa shape index (κ3) is 2.81. The standard InChI is InChI=1S/C12H17N5O2S/c1-8-4-10(13)5-9(2)12(8)20(18,19)15-6-11-16-14-7-17(11)3/h4-5,7,15H,6,13H2,1-3H3. The number of nitrogen functional groups attached to an aromatic ring is 1. The van der Waals surface area contributed by atoms with Crippen molar-refractivity contribution in [3.05, 3.63) is 35.4 Å². The number of nitrogens with one attached hydrogen (secondary N) is 1. The molecule has 0 amide bonds. The summed E-state index contributed by atoms with van der Waals surface area (Å²) in [4.78, 5) is 0.258. The van der Waals surface area contributed by atoms with Crippen LogP contribution in [0.5, 0.6) is 0 Å². The number of hydrogen-bond donors (Lipinski definition) is 2. The van der Waals surface area contributed by atoms with Gasteiger partial charge in [0.25, 0.3) is 0 Å². The van der Waals surface area contributed by atoms with Crippen molar-refractivity contribution < 1.29 is 8.42 Å². The fourth-order valence-corrected chi connectivity index (χ4v) is 3.54. The molecule has 0 bridgehead atoms. The van der Waals surface area contributed by atoms with Gasteiger partial charge in [-0.3, -0.25) is 0 Å². The first kappa shape index (κ1) is 14.5. The molecular weight excluding hydrogens is 278 g/mol. The summed E-state index contributed by atoms with van der Waals surface area (Å²) in [6, 6.07) is 3.29. The second kappa shape index (κ2) is 5.22. The summed E-state index contributed by atoms with van der Waals surface area (Å²) in [6.07, 6.45) is 1.52. The second-order valence-corrected chi connectivity index (χ2v) is 6.37. The number of aryl methyl sites for hydroxylation is 3. The van der Waals surface area contributed by atoms with E-state index in [0.29, 0.717) is 22.6 Å². The van der Waals surface area contributed by atoms with Gasteiger partial charge in [0.15, 0.2) is 0 Å². The van der Waals surface area contributed by atoms with Crippen molar-refractivity contribution in [2.45, 2.75) is 25.3 Å². The highest BCUT2D eigenvalue weighted by Crippen LogP contribution is 2.22. The Labute approximate surface area is 117 Å². The smallest absolute Gasteiger partial charge is 0.241 e. The summed E-state index contributed by atoms with van der Waals surface area (Å²) < 4.78 is 29.0. The van der Waals surface area contributed by atoms with Crippen molar-refractivity contribution in [3.8, 4) is 0 Å². The Kier molecular flexibility index (Phi) is 3.78. The number of nitrogens with two attached hydrogens (primary N) is 1. The molecule has 2 aromatic rings. The Bertz CT molecular complexity index is 713. The Morgan fingerprint density at radius 1 is 1.30 bits per heavy atom. The Morgan fingerprint density at radius 2 is 1.90 bits per heavy atom. The van der Waals surface area contributed by atoms with Crippen molar-refractivity contribution in [2.75, 3.05) is 5.73 Å². The molecule has 0 aliphatic heterocycles. The van der Waals surface area contributed by atoms with Crippen LogP contribution in [0.25, 0.3) is 0 Å². The van der Waals surface area contributed by atoms with Crippen LogP contribution in [0, 0.1) is 13.8 Å². The van der Waals surface area contributed by atoms with Gasteiger partial charge in [-0.15, -0.1) is 10.2 Å². The van der Waals surface area contributed by atoms with Gasteiger partial charge in [-0.2, -0.15) is 0 Å². The molecule has 0 atom stereocenters. The molecule has 3 N–H and O–H groups in total. The van der Waals surface area contributed by atoms with Crippen LogP contribution < -0.4 is 10.5 Å². The van der Waals surface area contributed by atoms with Gasteiger partial charge in [0.05, 0.1) is 11.4 Å². The lowest BCUT2D eigenvalue weighted by atomic mass is 10.1. The van der Waals surface area contributed by atoms with E-state index in [9.17, 15) is 8.42 Å². The van der Waals surface area contributed by atoms with E-state index in [1.807, 2.05) is 0 Å². The van der Waals surface area contributed by atoms with Crippen molar-refractivity contribution in [2.24, 2.45) is 7.05 Å². The minimum Gasteiger partial charge on any atom is -0.399 e. The monoisotopic (exact) mass is 295 g/mol. The molecule has 1 aromatic carbocycles. The lowest BCUT2D eigenvalue weighted by molar-refractivity contribution is 0.576. The van der Waals surface area contributed by atoms with Crippen LogP contribution in [0.1, 0.15) is 17.0 Å². The summed E-state index contributed by atoms with van der Waals surface area (Å²) in [5, 5.41) is 7.54. The molecule has 0 unspecified atom stereocenters. The number of nitrogens with zero attached hydrogens (tertiary/aromatic N) is 3. The number of hydrogen-bond acceptors (Lipinski definition) is 5. The van der Waals surface area contributed by atoms with Crippen molar-refractivity contribution in [1.29, 1.82) is 0 Å². The summed E-state index contributed by atoms with van der Waals surface area (Å²) >= 11 is 0. The van der Waals surface area contributed by atoms with Gasteiger partial charge >= 0.3 is 0 Å². The quantitative estimate of drug-likeness (QED) is 0.799. The van der Waals surface area contributed by atoms with Crippen LogP contribution in [-0.4, -0.2) is 23.2 Å². The van der Waals surface area contributed by atoms with Crippen LogP contribution in [0.2, 0.25) is 0 Å². The first-order valence-corrected chi connectivity index (χ1v) is 7.49. The topological polar surface area (TPSA) is 103 Å². The minimum atomic E-state index is -3.62. The van der Waals surface area contributed by atoms with E-state index < -0.39 is 10.0 Å². The highest BCUT2D eigenvalue weighted by molar-refractivity contribution is 7.89. The van der Waals surface area contributed by atoms with Crippen LogP contribution in [0.3, 0.4) is 0 Å². The summed E-state index contributed by atoms with van der Waals surface area (Å²) in [5.41, 5.74) is 7.49. The van der Waals surface area contributed by atoms with Gasteiger partial charge in [-0.25, -0.2) is 13.1 Å². The Balaban J connectivity index is 2.30. The number of rotatable bonds is 4.